The van der Waals surface area contributed by atoms with E-state index in [0.717, 1.165) is 0 Å². The highest BCUT2D eigenvalue weighted by molar-refractivity contribution is 5.89. The van der Waals surface area contributed by atoms with E-state index < -0.39 is 11.9 Å². The average molecular weight is 288 g/mol. The van der Waals surface area contributed by atoms with E-state index in [1.807, 2.05) is 0 Å². The number of rotatable bonds is 4. The van der Waals surface area contributed by atoms with Gasteiger partial charge in [0.25, 0.3) is 0 Å². The molecule has 0 atom stereocenters. The van der Waals surface area contributed by atoms with Gasteiger partial charge in [0.05, 0.1) is 11.1 Å². The first-order chi connectivity index (χ1) is 10.1. The van der Waals surface area contributed by atoms with Crippen LogP contribution < -0.4 is 16.5 Å². The van der Waals surface area contributed by atoms with Crippen LogP contribution in [-0.4, -0.2) is 11.9 Å². The van der Waals surface area contributed by atoms with Gasteiger partial charge >= 0.3 is 11.9 Å². The molecule has 0 unspecified atom stereocenters. The molecule has 4 N–H and O–H groups in total. The van der Waals surface area contributed by atoms with Crippen LogP contribution in [0.3, 0.4) is 0 Å². The molecule has 0 bridgehead atoms. The van der Waals surface area contributed by atoms with Crippen LogP contribution >= 0.6 is 0 Å². The lowest BCUT2D eigenvalue weighted by molar-refractivity contribution is 0.0495. The van der Waals surface area contributed by atoms with Crippen LogP contribution in [-0.2, 0) is 9.68 Å². The molecule has 2 aromatic carbocycles. The molecule has 0 aliphatic heterocycles. The lowest BCUT2D eigenvalue weighted by atomic mass is 10.2. The minimum absolute atomic E-state index is 0.311. The molecule has 21 heavy (non-hydrogen) atoms. The molecule has 0 heterocycles. The van der Waals surface area contributed by atoms with Crippen LogP contribution in [0.15, 0.2) is 48.5 Å². The average Bonchev–Trinajstić information content (AvgIpc) is 2.55. The summed E-state index contributed by atoms with van der Waals surface area (Å²) in [5.74, 6) is 9.33. The molecular weight excluding hydrogens is 276 g/mol. The first kappa shape index (κ1) is 14.5. The van der Waals surface area contributed by atoms with E-state index in [0.29, 0.717) is 22.6 Å². The van der Waals surface area contributed by atoms with Crippen molar-refractivity contribution in [2.45, 2.75) is 0 Å². The fraction of sp³-hybridized carbons (Fsp3) is 0. The first-order valence-electron chi connectivity index (χ1n) is 5.84. The summed E-state index contributed by atoms with van der Waals surface area (Å²) in [5.41, 5.74) is 0.622. The predicted octanol–water partition coefficient (Wildman–Crippen LogP) is 1.54. The summed E-state index contributed by atoms with van der Waals surface area (Å²) in [7, 11) is 0. The number of carbonyl (C=O) groups excluding carboxylic acids is 2. The first-order valence-corrected chi connectivity index (χ1v) is 5.84. The van der Waals surface area contributed by atoms with Gasteiger partial charge in [-0.15, -0.1) is 0 Å². The lowest BCUT2D eigenvalue weighted by Crippen LogP contribution is -2.09. The van der Waals surface area contributed by atoms with Gasteiger partial charge < -0.3 is 14.4 Å². The van der Waals surface area contributed by atoms with Crippen molar-refractivity contribution in [1.29, 1.82) is 0 Å². The fourth-order valence-electron chi connectivity index (χ4n) is 1.59. The Labute approximate surface area is 119 Å². The van der Waals surface area contributed by atoms with Crippen molar-refractivity contribution in [1.82, 2.24) is 0 Å². The Morgan fingerprint density at radius 1 is 0.667 bits per heavy atom. The quantitative estimate of drug-likeness (QED) is 0.820. The molecule has 0 saturated heterocycles. The summed E-state index contributed by atoms with van der Waals surface area (Å²) in [4.78, 5) is 30.6. The maximum absolute atomic E-state index is 11.2. The minimum Gasteiger partial charge on any atom is -0.457 e. The Morgan fingerprint density at radius 3 is 1.29 bits per heavy atom. The molecule has 0 radical (unpaired) electrons. The summed E-state index contributed by atoms with van der Waals surface area (Å²) in [6.07, 6.45) is 0. The summed E-state index contributed by atoms with van der Waals surface area (Å²) in [6, 6.07) is 12.4. The zero-order valence-electron chi connectivity index (χ0n) is 10.8. The zero-order valence-corrected chi connectivity index (χ0v) is 10.8. The summed E-state index contributed by atoms with van der Waals surface area (Å²) < 4.78 is 5.55. The normalized spacial score (nSPS) is 9.81. The molecule has 0 spiro atoms. The molecule has 0 aliphatic rings. The van der Waals surface area contributed by atoms with E-state index in [-0.39, 0.29) is 0 Å². The topological polar surface area (TPSA) is 114 Å². The summed E-state index contributed by atoms with van der Waals surface area (Å²) in [6.45, 7) is 0. The van der Waals surface area contributed by atoms with Gasteiger partial charge in [-0.25, -0.2) is 9.59 Å². The van der Waals surface area contributed by atoms with Gasteiger partial charge in [-0.1, -0.05) is 0 Å². The molecule has 0 aromatic heterocycles. The van der Waals surface area contributed by atoms with Gasteiger partial charge in [0.2, 0.25) is 0 Å². The van der Waals surface area contributed by atoms with E-state index in [1.54, 1.807) is 24.3 Å². The molecular formula is C14H12N2O5. The van der Waals surface area contributed by atoms with Gasteiger partial charge in [-0.3, -0.25) is 0 Å². The Bertz CT molecular complexity index is 580. The maximum Gasteiger partial charge on any atom is 0.356 e. The van der Waals surface area contributed by atoms with Gasteiger partial charge in [0.15, 0.2) is 0 Å². The SMILES string of the molecule is NOC(=O)c1ccc(Oc2ccc(C(=O)ON)cc2)cc1. The van der Waals surface area contributed by atoms with Crippen LogP contribution in [0.5, 0.6) is 11.5 Å². The third-order valence-corrected chi connectivity index (χ3v) is 2.63. The predicted molar refractivity (Wildman–Crippen MR) is 72.2 cm³/mol. The Balaban J connectivity index is 2.08. The standard InChI is InChI=1S/C14H12N2O5/c15-20-13(17)9-1-5-11(6-2-9)19-12-7-3-10(4-8-12)14(18)21-16/h1-8H,15-16H2. The van der Waals surface area contributed by atoms with Crippen molar-refractivity contribution in [3.63, 3.8) is 0 Å². The van der Waals surface area contributed by atoms with Crippen molar-refractivity contribution in [2.24, 2.45) is 11.8 Å². The molecule has 0 amide bonds. The van der Waals surface area contributed by atoms with Crippen molar-refractivity contribution in [2.75, 3.05) is 0 Å². The van der Waals surface area contributed by atoms with Crippen LogP contribution in [0.1, 0.15) is 20.7 Å². The van der Waals surface area contributed by atoms with E-state index in [1.165, 1.54) is 24.3 Å². The molecule has 2 rings (SSSR count). The van der Waals surface area contributed by atoms with Crippen LogP contribution in [0.2, 0.25) is 0 Å². The van der Waals surface area contributed by atoms with E-state index in [4.69, 9.17) is 16.5 Å². The molecule has 0 saturated carbocycles. The number of carbonyl (C=O) groups is 2. The molecule has 108 valence electrons. The van der Waals surface area contributed by atoms with Gasteiger partial charge in [-0.05, 0) is 48.5 Å². The third kappa shape index (κ3) is 3.56. The highest BCUT2D eigenvalue weighted by Gasteiger charge is 2.07. The Morgan fingerprint density at radius 2 is 1.00 bits per heavy atom. The van der Waals surface area contributed by atoms with Crippen molar-refractivity contribution >= 4 is 11.9 Å². The highest BCUT2D eigenvalue weighted by atomic mass is 16.7. The Kier molecular flexibility index (Phi) is 4.50. The maximum atomic E-state index is 11.2. The molecule has 0 aliphatic carbocycles. The molecule has 2 aromatic rings. The largest absolute Gasteiger partial charge is 0.457 e. The second-order valence-corrected chi connectivity index (χ2v) is 3.96. The van der Waals surface area contributed by atoms with E-state index in [9.17, 15) is 9.59 Å². The number of ether oxygens (including phenoxy) is 1. The summed E-state index contributed by atoms with van der Waals surface area (Å²) in [5, 5.41) is 0. The van der Waals surface area contributed by atoms with E-state index in [2.05, 4.69) is 9.68 Å². The number of hydrogen-bond donors (Lipinski definition) is 2. The zero-order chi connectivity index (χ0) is 15.2. The third-order valence-electron chi connectivity index (χ3n) is 2.63. The number of nitrogens with two attached hydrogens (primary N) is 2. The molecule has 7 heteroatoms. The van der Waals surface area contributed by atoms with Gasteiger partial charge in [0.1, 0.15) is 11.5 Å². The van der Waals surface area contributed by atoms with Crippen molar-refractivity contribution < 1.29 is 24.0 Å². The van der Waals surface area contributed by atoms with Crippen LogP contribution in [0, 0.1) is 0 Å². The van der Waals surface area contributed by atoms with Gasteiger partial charge in [0, 0.05) is 0 Å². The van der Waals surface area contributed by atoms with Crippen LogP contribution in [0.4, 0.5) is 0 Å². The fourth-order valence-corrected chi connectivity index (χ4v) is 1.59. The lowest BCUT2D eigenvalue weighted by Gasteiger charge is -2.06. The van der Waals surface area contributed by atoms with Crippen molar-refractivity contribution in [3.8, 4) is 11.5 Å². The van der Waals surface area contributed by atoms with Crippen molar-refractivity contribution in [3.05, 3.63) is 59.7 Å². The molecule has 0 fully saturated rings. The van der Waals surface area contributed by atoms with Gasteiger partial charge in [-0.2, -0.15) is 11.8 Å². The molecule has 7 nitrogen and oxygen atoms in total. The van der Waals surface area contributed by atoms with E-state index >= 15 is 0 Å². The second-order valence-electron chi connectivity index (χ2n) is 3.96. The number of benzene rings is 2. The van der Waals surface area contributed by atoms with Crippen LogP contribution in [0.25, 0.3) is 0 Å². The summed E-state index contributed by atoms with van der Waals surface area (Å²) >= 11 is 0. The second kappa shape index (κ2) is 6.51. The highest BCUT2D eigenvalue weighted by Crippen LogP contribution is 2.22. The Hall–Kier alpha value is -2.90. The number of hydrogen-bond acceptors (Lipinski definition) is 7. The monoisotopic (exact) mass is 288 g/mol. The minimum atomic E-state index is -0.633. The smallest absolute Gasteiger partial charge is 0.356 e.